The largest absolute Gasteiger partial charge is 0.336 e. The number of halogens is 1. The summed E-state index contributed by atoms with van der Waals surface area (Å²) in [4.78, 5) is 18.1. The van der Waals surface area contributed by atoms with Crippen molar-refractivity contribution >= 4 is 27.3 Å². The van der Waals surface area contributed by atoms with Crippen molar-refractivity contribution in [2.24, 2.45) is 0 Å². The predicted molar refractivity (Wildman–Crippen MR) is 92.7 cm³/mol. The molecule has 2 heterocycles. The molecule has 1 aromatic heterocycles. The van der Waals surface area contributed by atoms with Crippen molar-refractivity contribution in [2.75, 3.05) is 18.8 Å². The predicted octanol–water partition coefficient (Wildman–Crippen LogP) is 2.74. The average molecular weight is 365 g/mol. The van der Waals surface area contributed by atoms with Gasteiger partial charge in [-0.3, -0.25) is 9.78 Å². The van der Waals surface area contributed by atoms with Crippen LogP contribution >= 0.6 is 11.6 Å². The Morgan fingerprint density at radius 1 is 1.12 bits per heavy atom. The summed E-state index contributed by atoms with van der Waals surface area (Å²) in [6.45, 7) is 0.517. The van der Waals surface area contributed by atoms with Crippen molar-refractivity contribution in [3.8, 4) is 0 Å². The summed E-state index contributed by atoms with van der Waals surface area (Å²) in [6.07, 6.45) is 1.87. The van der Waals surface area contributed by atoms with E-state index in [2.05, 4.69) is 4.98 Å². The highest BCUT2D eigenvalue weighted by molar-refractivity contribution is 7.91. The number of amides is 1. The van der Waals surface area contributed by atoms with Gasteiger partial charge in [-0.05, 0) is 30.2 Å². The molecule has 1 fully saturated rings. The first-order valence-electron chi connectivity index (χ1n) is 7.65. The fraction of sp³-hybridized carbons (Fsp3) is 0.294. The zero-order valence-corrected chi connectivity index (χ0v) is 14.5. The Kier molecular flexibility index (Phi) is 4.87. The second-order valence-corrected chi connectivity index (χ2v) is 8.38. The van der Waals surface area contributed by atoms with Crippen LogP contribution < -0.4 is 0 Å². The number of sulfone groups is 1. The molecule has 1 aliphatic heterocycles. The molecule has 1 atom stereocenters. The van der Waals surface area contributed by atoms with Gasteiger partial charge in [0.1, 0.15) is 5.69 Å². The lowest BCUT2D eigenvalue weighted by atomic mass is 10.1. The van der Waals surface area contributed by atoms with E-state index in [0.717, 1.165) is 0 Å². The Labute approximate surface area is 146 Å². The first kappa shape index (κ1) is 16.9. The number of hydrogen-bond acceptors (Lipinski definition) is 4. The van der Waals surface area contributed by atoms with Crippen LogP contribution in [0.4, 0.5) is 0 Å². The number of carbonyl (C=O) groups is 1. The van der Waals surface area contributed by atoms with Gasteiger partial charge < -0.3 is 4.90 Å². The van der Waals surface area contributed by atoms with Gasteiger partial charge in [-0.15, -0.1) is 0 Å². The van der Waals surface area contributed by atoms with E-state index in [1.807, 2.05) is 0 Å². The molecule has 1 aliphatic rings. The minimum atomic E-state index is -3.38. The number of rotatable bonds is 2. The van der Waals surface area contributed by atoms with Crippen LogP contribution in [0, 0.1) is 0 Å². The molecule has 0 radical (unpaired) electrons. The van der Waals surface area contributed by atoms with Gasteiger partial charge in [-0.25, -0.2) is 8.42 Å². The van der Waals surface area contributed by atoms with E-state index >= 15 is 0 Å². The van der Waals surface area contributed by atoms with Crippen LogP contribution in [-0.2, 0) is 9.84 Å². The van der Waals surface area contributed by atoms with Gasteiger partial charge in [-0.1, -0.05) is 35.9 Å². The highest BCUT2D eigenvalue weighted by Crippen LogP contribution is 2.33. The zero-order chi connectivity index (χ0) is 17.2. The maximum absolute atomic E-state index is 12.6. The molecule has 0 N–H and O–H groups in total. The van der Waals surface area contributed by atoms with E-state index in [-0.39, 0.29) is 18.2 Å². The molecule has 24 heavy (non-hydrogen) atoms. The van der Waals surface area contributed by atoms with Crippen LogP contribution in [0.25, 0.3) is 0 Å². The highest BCUT2D eigenvalue weighted by Gasteiger charge is 2.34. The summed E-state index contributed by atoms with van der Waals surface area (Å²) < 4.78 is 25.3. The van der Waals surface area contributed by atoms with Crippen molar-refractivity contribution < 1.29 is 13.2 Å². The van der Waals surface area contributed by atoms with E-state index in [4.69, 9.17) is 11.6 Å². The van der Waals surface area contributed by atoms with Crippen molar-refractivity contribution in [1.82, 2.24) is 9.88 Å². The summed E-state index contributed by atoms with van der Waals surface area (Å²) in [6, 6.07) is 12.1. The van der Waals surface area contributed by atoms with E-state index in [1.54, 1.807) is 53.6 Å². The van der Waals surface area contributed by atoms with Gasteiger partial charge in [-0.2, -0.15) is 0 Å². The first-order valence-corrected chi connectivity index (χ1v) is 9.75. The summed E-state index contributed by atoms with van der Waals surface area (Å²) in [5.41, 5.74) is 0.928. The van der Waals surface area contributed by atoms with Crippen LogP contribution in [0.1, 0.15) is 27.7 Å². The molecule has 3 rings (SSSR count). The molecule has 0 bridgehead atoms. The molecule has 5 nitrogen and oxygen atoms in total. The van der Waals surface area contributed by atoms with Crippen LogP contribution in [0.3, 0.4) is 0 Å². The molecular weight excluding hydrogens is 348 g/mol. The SMILES string of the molecule is O=C(c1ccccn1)N1CCC(c2ccccc2Cl)S(=O)(=O)CC1. The van der Waals surface area contributed by atoms with Gasteiger partial charge in [0.15, 0.2) is 9.84 Å². The third-order valence-corrected chi connectivity index (χ3v) is 6.62. The van der Waals surface area contributed by atoms with Crippen LogP contribution in [0.5, 0.6) is 0 Å². The summed E-state index contributed by atoms with van der Waals surface area (Å²) in [7, 11) is -3.38. The topological polar surface area (TPSA) is 67.3 Å². The smallest absolute Gasteiger partial charge is 0.272 e. The average Bonchev–Trinajstić information content (AvgIpc) is 2.74. The molecule has 0 spiro atoms. The van der Waals surface area contributed by atoms with Crippen molar-refractivity contribution in [1.29, 1.82) is 0 Å². The molecule has 7 heteroatoms. The van der Waals surface area contributed by atoms with Gasteiger partial charge in [0, 0.05) is 24.3 Å². The lowest BCUT2D eigenvalue weighted by Crippen LogP contribution is -2.34. The second kappa shape index (κ2) is 6.91. The lowest BCUT2D eigenvalue weighted by molar-refractivity contribution is 0.0760. The molecule has 1 amide bonds. The fourth-order valence-electron chi connectivity index (χ4n) is 2.88. The monoisotopic (exact) mass is 364 g/mol. The quantitative estimate of drug-likeness (QED) is 0.821. The van der Waals surface area contributed by atoms with Gasteiger partial charge in [0.05, 0.1) is 11.0 Å². The summed E-state index contributed by atoms with van der Waals surface area (Å²) >= 11 is 6.18. The minimum absolute atomic E-state index is 0.0819. The third kappa shape index (κ3) is 3.44. The number of aromatic nitrogens is 1. The van der Waals surface area contributed by atoms with Crippen LogP contribution in [0.2, 0.25) is 5.02 Å². The molecule has 0 aliphatic carbocycles. The van der Waals surface area contributed by atoms with Crippen molar-refractivity contribution in [3.05, 3.63) is 64.9 Å². The maximum atomic E-state index is 12.6. The molecule has 0 saturated carbocycles. The number of pyridine rings is 1. The zero-order valence-electron chi connectivity index (χ0n) is 12.9. The number of hydrogen-bond donors (Lipinski definition) is 0. The van der Waals surface area contributed by atoms with Crippen LogP contribution in [-0.4, -0.2) is 43.1 Å². The maximum Gasteiger partial charge on any atom is 0.272 e. The Hall–Kier alpha value is -1.92. The Morgan fingerprint density at radius 3 is 2.58 bits per heavy atom. The van der Waals surface area contributed by atoms with Crippen LogP contribution in [0.15, 0.2) is 48.7 Å². The van der Waals surface area contributed by atoms with Gasteiger partial charge in [0.25, 0.3) is 5.91 Å². The normalized spacial score (nSPS) is 20.4. The standard InChI is InChI=1S/C17H17ClN2O3S/c18-14-6-2-1-5-13(14)16-8-10-20(11-12-24(16,22)23)17(21)15-7-3-4-9-19-15/h1-7,9,16H,8,10-12H2. The molecular formula is C17H17ClN2O3S. The Bertz CT molecular complexity index is 840. The molecule has 1 saturated heterocycles. The molecule has 126 valence electrons. The van der Waals surface area contributed by atoms with Gasteiger partial charge in [0.2, 0.25) is 0 Å². The Balaban J connectivity index is 1.85. The summed E-state index contributed by atoms with van der Waals surface area (Å²) in [5, 5.41) is -0.247. The molecule has 2 aromatic rings. The third-order valence-electron chi connectivity index (χ3n) is 4.16. The van der Waals surface area contributed by atoms with Crippen molar-refractivity contribution in [3.63, 3.8) is 0 Å². The number of nitrogens with zero attached hydrogens (tertiary/aromatic N) is 2. The van der Waals surface area contributed by atoms with E-state index in [1.165, 1.54) is 0 Å². The van der Waals surface area contributed by atoms with Gasteiger partial charge >= 0.3 is 0 Å². The number of carbonyl (C=O) groups excluding carboxylic acids is 1. The van der Waals surface area contributed by atoms with Crippen molar-refractivity contribution in [2.45, 2.75) is 11.7 Å². The highest BCUT2D eigenvalue weighted by atomic mass is 35.5. The fourth-order valence-corrected chi connectivity index (χ4v) is 5.03. The van der Waals surface area contributed by atoms with E-state index in [0.29, 0.717) is 29.2 Å². The molecule has 1 unspecified atom stereocenters. The van der Waals surface area contributed by atoms with E-state index < -0.39 is 15.1 Å². The lowest BCUT2D eigenvalue weighted by Gasteiger charge is -2.19. The first-order chi connectivity index (χ1) is 11.5. The molecule has 1 aromatic carbocycles. The second-order valence-electron chi connectivity index (χ2n) is 5.67. The Morgan fingerprint density at radius 2 is 1.88 bits per heavy atom. The van der Waals surface area contributed by atoms with E-state index in [9.17, 15) is 13.2 Å². The minimum Gasteiger partial charge on any atom is -0.336 e. The number of benzene rings is 1. The summed E-state index contributed by atoms with van der Waals surface area (Å²) in [5.74, 6) is -0.327.